The Morgan fingerprint density at radius 1 is 1.14 bits per heavy atom. The predicted molar refractivity (Wildman–Crippen MR) is 87.5 cm³/mol. The maximum absolute atomic E-state index is 11.4. The fourth-order valence-electron chi connectivity index (χ4n) is 1.79. The standard InChI is InChI=1S/C15H25N3O2S/c1-4-11-17-15(16-5-2)18-12-10-13-6-8-14(9-7-13)21(3,19)20/h6-9H,4-5,10-12H2,1-3H3,(H2,16,17,18). The number of nitrogens with zero attached hydrogens (tertiary/aromatic N) is 1. The van der Waals surface area contributed by atoms with Gasteiger partial charge in [-0.25, -0.2) is 8.42 Å². The van der Waals surface area contributed by atoms with Gasteiger partial charge in [-0.2, -0.15) is 0 Å². The van der Waals surface area contributed by atoms with Crippen molar-refractivity contribution in [3.63, 3.8) is 0 Å². The summed E-state index contributed by atoms with van der Waals surface area (Å²) in [6, 6.07) is 7.02. The van der Waals surface area contributed by atoms with Gasteiger partial charge in [0.15, 0.2) is 15.8 Å². The third-order valence-electron chi connectivity index (χ3n) is 2.90. The van der Waals surface area contributed by atoms with Crippen molar-refractivity contribution in [3.05, 3.63) is 29.8 Å². The van der Waals surface area contributed by atoms with E-state index < -0.39 is 9.84 Å². The number of hydrogen-bond donors (Lipinski definition) is 2. The molecule has 1 aromatic carbocycles. The van der Waals surface area contributed by atoms with Gasteiger partial charge >= 0.3 is 0 Å². The van der Waals surface area contributed by atoms with Crippen LogP contribution in [0.2, 0.25) is 0 Å². The third kappa shape index (κ3) is 6.62. The second-order valence-electron chi connectivity index (χ2n) is 4.85. The minimum Gasteiger partial charge on any atom is -0.357 e. The van der Waals surface area contributed by atoms with Crippen LogP contribution in [0, 0.1) is 0 Å². The second-order valence-corrected chi connectivity index (χ2v) is 6.87. The summed E-state index contributed by atoms with van der Waals surface area (Å²) < 4.78 is 22.8. The van der Waals surface area contributed by atoms with E-state index >= 15 is 0 Å². The van der Waals surface area contributed by atoms with Crippen LogP contribution in [-0.2, 0) is 16.3 Å². The van der Waals surface area contributed by atoms with Gasteiger partial charge in [0.05, 0.1) is 4.90 Å². The van der Waals surface area contributed by atoms with Crippen LogP contribution in [0.15, 0.2) is 34.2 Å². The molecular formula is C15H25N3O2S. The highest BCUT2D eigenvalue weighted by Gasteiger charge is 2.06. The van der Waals surface area contributed by atoms with Crippen molar-refractivity contribution in [1.29, 1.82) is 0 Å². The molecule has 0 aromatic heterocycles. The minimum absolute atomic E-state index is 0.358. The van der Waals surface area contributed by atoms with Crippen LogP contribution in [0.5, 0.6) is 0 Å². The van der Waals surface area contributed by atoms with E-state index in [0.29, 0.717) is 4.90 Å². The summed E-state index contributed by atoms with van der Waals surface area (Å²) >= 11 is 0. The molecule has 2 N–H and O–H groups in total. The Bertz CT molecular complexity index is 551. The Hall–Kier alpha value is -1.56. The van der Waals surface area contributed by atoms with E-state index in [0.717, 1.165) is 44.0 Å². The van der Waals surface area contributed by atoms with Gasteiger partial charge in [-0.05, 0) is 37.5 Å². The average Bonchev–Trinajstić information content (AvgIpc) is 2.44. The predicted octanol–water partition coefficient (Wildman–Crippen LogP) is 1.60. The van der Waals surface area contributed by atoms with Crippen LogP contribution < -0.4 is 10.6 Å². The summed E-state index contributed by atoms with van der Waals surface area (Å²) in [6.45, 7) is 6.52. The number of sulfone groups is 1. The van der Waals surface area contributed by atoms with Crippen molar-refractivity contribution in [2.24, 2.45) is 4.99 Å². The van der Waals surface area contributed by atoms with E-state index in [2.05, 4.69) is 22.5 Å². The SMILES string of the molecule is CCCN=C(NCC)NCCc1ccc(S(C)(=O)=O)cc1. The second kappa shape index (κ2) is 8.67. The maximum Gasteiger partial charge on any atom is 0.191 e. The number of nitrogens with one attached hydrogen (secondary N) is 2. The Kier molecular flexibility index (Phi) is 7.22. The summed E-state index contributed by atoms with van der Waals surface area (Å²) in [5.74, 6) is 0.826. The zero-order valence-electron chi connectivity index (χ0n) is 13.0. The van der Waals surface area contributed by atoms with Crippen LogP contribution >= 0.6 is 0 Å². The fourth-order valence-corrected chi connectivity index (χ4v) is 2.42. The molecule has 0 saturated carbocycles. The van der Waals surface area contributed by atoms with Crippen LogP contribution in [0.25, 0.3) is 0 Å². The highest BCUT2D eigenvalue weighted by Crippen LogP contribution is 2.10. The van der Waals surface area contributed by atoms with Gasteiger partial charge in [-0.3, -0.25) is 4.99 Å². The maximum atomic E-state index is 11.4. The summed E-state index contributed by atoms with van der Waals surface area (Å²) in [4.78, 5) is 4.78. The zero-order chi connectivity index (χ0) is 15.7. The molecule has 0 aliphatic heterocycles. The van der Waals surface area contributed by atoms with Gasteiger partial charge in [0.1, 0.15) is 0 Å². The number of hydrogen-bond acceptors (Lipinski definition) is 3. The lowest BCUT2D eigenvalue weighted by atomic mass is 10.1. The molecule has 0 bridgehead atoms. The molecule has 0 atom stereocenters. The molecule has 0 amide bonds. The fraction of sp³-hybridized carbons (Fsp3) is 0.533. The number of benzene rings is 1. The Morgan fingerprint density at radius 2 is 1.81 bits per heavy atom. The molecule has 0 aliphatic carbocycles. The lowest BCUT2D eigenvalue weighted by Gasteiger charge is -2.11. The van der Waals surface area contributed by atoms with Crippen LogP contribution in [0.3, 0.4) is 0 Å². The molecule has 0 radical (unpaired) electrons. The topological polar surface area (TPSA) is 70.6 Å². The van der Waals surface area contributed by atoms with E-state index in [1.807, 2.05) is 19.1 Å². The van der Waals surface area contributed by atoms with E-state index in [1.54, 1.807) is 12.1 Å². The van der Waals surface area contributed by atoms with E-state index in [1.165, 1.54) is 6.26 Å². The van der Waals surface area contributed by atoms with Gasteiger partial charge in [-0.1, -0.05) is 19.1 Å². The number of rotatable bonds is 7. The molecule has 1 aromatic rings. The van der Waals surface area contributed by atoms with E-state index in [9.17, 15) is 8.42 Å². The number of aliphatic imine (C=N–C) groups is 1. The molecule has 0 fully saturated rings. The molecule has 6 heteroatoms. The summed E-state index contributed by atoms with van der Waals surface area (Å²) in [5, 5.41) is 6.46. The van der Waals surface area contributed by atoms with Gasteiger partial charge < -0.3 is 10.6 Å². The first-order valence-electron chi connectivity index (χ1n) is 7.28. The van der Waals surface area contributed by atoms with Crippen molar-refractivity contribution in [2.45, 2.75) is 31.6 Å². The molecular weight excluding hydrogens is 286 g/mol. The van der Waals surface area contributed by atoms with Gasteiger partial charge in [-0.15, -0.1) is 0 Å². The number of guanidine groups is 1. The van der Waals surface area contributed by atoms with E-state index in [4.69, 9.17) is 0 Å². The third-order valence-corrected chi connectivity index (χ3v) is 4.02. The van der Waals surface area contributed by atoms with Crippen molar-refractivity contribution >= 4 is 15.8 Å². The molecule has 5 nitrogen and oxygen atoms in total. The van der Waals surface area contributed by atoms with Crippen LogP contribution in [-0.4, -0.2) is 40.3 Å². The highest BCUT2D eigenvalue weighted by atomic mass is 32.2. The molecule has 0 spiro atoms. The lowest BCUT2D eigenvalue weighted by Crippen LogP contribution is -2.38. The van der Waals surface area contributed by atoms with E-state index in [-0.39, 0.29) is 0 Å². The molecule has 0 heterocycles. The Labute approximate surface area is 127 Å². The summed E-state index contributed by atoms with van der Waals surface area (Å²) in [7, 11) is -3.12. The lowest BCUT2D eigenvalue weighted by molar-refractivity contribution is 0.602. The molecule has 0 saturated heterocycles. The largest absolute Gasteiger partial charge is 0.357 e. The van der Waals surface area contributed by atoms with Crippen molar-refractivity contribution in [3.8, 4) is 0 Å². The van der Waals surface area contributed by atoms with Gasteiger partial charge in [0, 0.05) is 25.9 Å². The molecule has 1 rings (SSSR count). The molecule has 0 aliphatic rings. The smallest absolute Gasteiger partial charge is 0.191 e. The minimum atomic E-state index is -3.12. The van der Waals surface area contributed by atoms with Gasteiger partial charge in [0.2, 0.25) is 0 Å². The average molecular weight is 311 g/mol. The molecule has 118 valence electrons. The Morgan fingerprint density at radius 3 is 2.33 bits per heavy atom. The van der Waals surface area contributed by atoms with Gasteiger partial charge in [0.25, 0.3) is 0 Å². The quantitative estimate of drug-likeness (QED) is 0.593. The molecule has 21 heavy (non-hydrogen) atoms. The first-order valence-corrected chi connectivity index (χ1v) is 9.17. The van der Waals surface area contributed by atoms with Crippen molar-refractivity contribution in [2.75, 3.05) is 25.9 Å². The van der Waals surface area contributed by atoms with Crippen LogP contribution in [0.4, 0.5) is 0 Å². The zero-order valence-corrected chi connectivity index (χ0v) is 13.8. The highest BCUT2D eigenvalue weighted by molar-refractivity contribution is 7.90. The van der Waals surface area contributed by atoms with Crippen LogP contribution in [0.1, 0.15) is 25.8 Å². The van der Waals surface area contributed by atoms with Crippen molar-refractivity contribution < 1.29 is 8.42 Å². The summed E-state index contributed by atoms with van der Waals surface area (Å²) in [5.41, 5.74) is 1.10. The first kappa shape index (κ1) is 17.5. The monoisotopic (exact) mass is 311 g/mol. The normalized spacial score (nSPS) is 12.2. The molecule has 0 unspecified atom stereocenters. The van der Waals surface area contributed by atoms with Crippen molar-refractivity contribution in [1.82, 2.24) is 10.6 Å². The first-order chi connectivity index (χ1) is 9.97. The summed E-state index contributed by atoms with van der Waals surface area (Å²) in [6.07, 6.45) is 3.06. The Balaban J connectivity index is 2.51.